The Morgan fingerprint density at radius 3 is 2.89 bits per heavy atom. The zero-order valence-corrected chi connectivity index (χ0v) is 14.0. The number of halogens is 2. The summed E-state index contributed by atoms with van der Waals surface area (Å²) in [5.74, 6) is 1.74. The van der Waals surface area contributed by atoms with Crippen molar-refractivity contribution in [1.29, 1.82) is 0 Å². The van der Waals surface area contributed by atoms with Crippen molar-refractivity contribution in [2.24, 2.45) is 0 Å². The second kappa shape index (κ2) is 5.30. The molecule has 0 aliphatic heterocycles. The molecule has 0 bridgehead atoms. The molecular weight excluding hydrogens is 344 g/mol. The SMILES string of the molecule is CSC1(Cn2c(CCCl)nc3ccc(Br)cc32)CC1. The van der Waals surface area contributed by atoms with Gasteiger partial charge in [0.2, 0.25) is 0 Å². The van der Waals surface area contributed by atoms with Gasteiger partial charge in [-0.25, -0.2) is 4.98 Å². The van der Waals surface area contributed by atoms with E-state index in [1.54, 1.807) is 0 Å². The second-order valence-corrected chi connectivity index (χ2v) is 7.64. The van der Waals surface area contributed by atoms with Gasteiger partial charge in [0.05, 0.1) is 11.0 Å². The molecule has 1 fully saturated rings. The first kappa shape index (κ1) is 13.8. The Labute approximate surface area is 131 Å². The first-order valence-corrected chi connectivity index (χ1v) is 8.98. The molecule has 0 radical (unpaired) electrons. The van der Waals surface area contributed by atoms with Gasteiger partial charge in [-0.15, -0.1) is 11.6 Å². The molecule has 0 saturated heterocycles. The van der Waals surface area contributed by atoms with Crippen molar-refractivity contribution in [3.63, 3.8) is 0 Å². The molecule has 2 nitrogen and oxygen atoms in total. The van der Waals surface area contributed by atoms with E-state index in [-0.39, 0.29) is 0 Å². The highest BCUT2D eigenvalue weighted by Crippen LogP contribution is 2.49. The number of benzene rings is 1. The predicted octanol–water partition coefficient (Wildman–Crippen LogP) is 4.48. The number of thioether (sulfide) groups is 1. The first-order chi connectivity index (χ1) is 9.17. The van der Waals surface area contributed by atoms with Crippen LogP contribution in [-0.4, -0.2) is 26.4 Å². The van der Waals surface area contributed by atoms with Crippen LogP contribution in [-0.2, 0) is 13.0 Å². The lowest BCUT2D eigenvalue weighted by Crippen LogP contribution is -2.16. The van der Waals surface area contributed by atoms with Gasteiger partial charge in [0.1, 0.15) is 5.82 Å². The summed E-state index contributed by atoms with van der Waals surface area (Å²) >= 11 is 11.5. The third kappa shape index (κ3) is 2.67. The molecule has 1 aliphatic carbocycles. The Morgan fingerprint density at radius 1 is 1.47 bits per heavy atom. The maximum atomic E-state index is 5.92. The van der Waals surface area contributed by atoms with Crippen molar-refractivity contribution >= 4 is 50.3 Å². The third-order valence-corrected chi connectivity index (χ3v) is 5.88. The highest BCUT2D eigenvalue weighted by molar-refractivity contribution is 9.10. The van der Waals surface area contributed by atoms with E-state index in [2.05, 4.69) is 38.9 Å². The fraction of sp³-hybridized carbons (Fsp3) is 0.500. The van der Waals surface area contributed by atoms with Crippen molar-refractivity contribution in [3.8, 4) is 0 Å². The van der Waals surface area contributed by atoms with Gasteiger partial charge < -0.3 is 4.57 Å². The molecule has 19 heavy (non-hydrogen) atoms. The minimum Gasteiger partial charge on any atom is -0.327 e. The van der Waals surface area contributed by atoms with Gasteiger partial charge in [0.15, 0.2) is 0 Å². The van der Waals surface area contributed by atoms with Gasteiger partial charge in [-0.2, -0.15) is 11.8 Å². The van der Waals surface area contributed by atoms with Gasteiger partial charge in [-0.05, 0) is 37.3 Å². The second-order valence-electron chi connectivity index (χ2n) is 5.07. The molecular formula is C14H16BrClN2S. The van der Waals surface area contributed by atoms with E-state index in [1.807, 2.05) is 17.8 Å². The monoisotopic (exact) mass is 358 g/mol. The predicted molar refractivity (Wildman–Crippen MR) is 87.3 cm³/mol. The van der Waals surface area contributed by atoms with Crippen LogP contribution in [0, 0.1) is 0 Å². The lowest BCUT2D eigenvalue weighted by Gasteiger charge is -2.16. The van der Waals surface area contributed by atoms with Crippen molar-refractivity contribution in [3.05, 3.63) is 28.5 Å². The molecule has 0 spiro atoms. The zero-order valence-electron chi connectivity index (χ0n) is 10.8. The van der Waals surface area contributed by atoms with Crippen molar-refractivity contribution in [2.75, 3.05) is 12.1 Å². The van der Waals surface area contributed by atoms with Crippen LogP contribution in [0.5, 0.6) is 0 Å². The number of nitrogens with zero attached hydrogens (tertiary/aromatic N) is 2. The van der Waals surface area contributed by atoms with Gasteiger partial charge in [-0.1, -0.05) is 15.9 Å². The Hall–Kier alpha value is -0.190. The Bertz CT molecular complexity index is 607. The summed E-state index contributed by atoms with van der Waals surface area (Å²) < 4.78 is 3.90. The molecule has 0 unspecified atom stereocenters. The maximum absolute atomic E-state index is 5.92. The van der Waals surface area contributed by atoms with Crippen LogP contribution in [0.25, 0.3) is 11.0 Å². The van der Waals surface area contributed by atoms with Crippen LogP contribution in [0.15, 0.2) is 22.7 Å². The Balaban J connectivity index is 2.07. The first-order valence-electron chi connectivity index (χ1n) is 6.43. The molecule has 3 rings (SSSR count). The Kier molecular flexibility index (Phi) is 3.84. The topological polar surface area (TPSA) is 17.8 Å². The fourth-order valence-corrected chi connectivity index (χ4v) is 3.74. The van der Waals surface area contributed by atoms with E-state index in [9.17, 15) is 0 Å². The van der Waals surface area contributed by atoms with E-state index < -0.39 is 0 Å². The van der Waals surface area contributed by atoms with E-state index in [1.165, 1.54) is 18.4 Å². The summed E-state index contributed by atoms with van der Waals surface area (Å²) in [4.78, 5) is 4.74. The van der Waals surface area contributed by atoms with Gasteiger partial charge in [0, 0.05) is 28.1 Å². The van der Waals surface area contributed by atoms with Crippen molar-refractivity contribution in [1.82, 2.24) is 9.55 Å². The van der Waals surface area contributed by atoms with Crippen LogP contribution in [0.2, 0.25) is 0 Å². The highest BCUT2D eigenvalue weighted by atomic mass is 79.9. The summed E-state index contributed by atoms with van der Waals surface area (Å²) in [5.41, 5.74) is 2.29. The van der Waals surface area contributed by atoms with Crippen molar-refractivity contribution < 1.29 is 0 Å². The van der Waals surface area contributed by atoms with E-state index in [0.29, 0.717) is 10.6 Å². The summed E-state index contributed by atoms with van der Waals surface area (Å²) in [6, 6.07) is 6.29. The minimum absolute atomic E-state index is 0.428. The average Bonchev–Trinajstić information content (AvgIpc) is 3.11. The van der Waals surface area contributed by atoms with Crippen LogP contribution >= 0.6 is 39.3 Å². The number of hydrogen-bond acceptors (Lipinski definition) is 2. The number of imidazole rings is 1. The molecule has 0 N–H and O–H groups in total. The molecule has 5 heteroatoms. The quantitative estimate of drug-likeness (QED) is 0.733. The lowest BCUT2D eigenvalue weighted by molar-refractivity contribution is 0.645. The summed E-state index contributed by atoms with van der Waals surface area (Å²) in [6.07, 6.45) is 5.66. The number of hydrogen-bond donors (Lipinski definition) is 0. The number of alkyl halides is 1. The number of aryl methyl sites for hydroxylation is 1. The molecule has 1 aliphatic rings. The van der Waals surface area contributed by atoms with Crippen LogP contribution < -0.4 is 0 Å². The smallest absolute Gasteiger partial charge is 0.111 e. The zero-order chi connectivity index (χ0) is 13.5. The van der Waals surface area contributed by atoms with E-state index in [4.69, 9.17) is 16.6 Å². The van der Waals surface area contributed by atoms with Gasteiger partial charge >= 0.3 is 0 Å². The standard InChI is InChI=1S/C14H16BrClN2S/c1-19-14(5-6-14)9-18-12-8-10(15)2-3-11(12)17-13(18)4-7-16/h2-3,8H,4-7,9H2,1H3. The number of fused-ring (bicyclic) bond motifs is 1. The van der Waals surface area contributed by atoms with E-state index >= 15 is 0 Å². The Morgan fingerprint density at radius 2 is 2.26 bits per heavy atom. The van der Waals surface area contributed by atoms with Crippen LogP contribution in [0.3, 0.4) is 0 Å². The van der Waals surface area contributed by atoms with Gasteiger partial charge in [-0.3, -0.25) is 0 Å². The summed E-state index contributed by atoms with van der Waals surface area (Å²) in [6.45, 7) is 1.05. The molecule has 2 aromatic rings. The highest BCUT2D eigenvalue weighted by Gasteiger charge is 2.42. The number of rotatable bonds is 5. The lowest BCUT2D eigenvalue weighted by atomic mass is 10.3. The molecule has 1 aromatic heterocycles. The van der Waals surface area contributed by atoms with Gasteiger partial charge in [0.25, 0.3) is 0 Å². The van der Waals surface area contributed by atoms with Crippen LogP contribution in [0.1, 0.15) is 18.7 Å². The molecule has 0 amide bonds. The van der Waals surface area contributed by atoms with Crippen molar-refractivity contribution in [2.45, 2.75) is 30.6 Å². The minimum atomic E-state index is 0.428. The molecule has 1 aromatic carbocycles. The summed E-state index contributed by atoms with van der Waals surface area (Å²) in [5, 5.41) is 0. The molecule has 1 saturated carbocycles. The van der Waals surface area contributed by atoms with E-state index in [0.717, 1.165) is 28.8 Å². The normalized spacial score (nSPS) is 17.0. The molecule has 102 valence electrons. The third-order valence-electron chi connectivity index (χ3n) is 3.79. The average molecular weight is 360 g/mol. The maximum Gasteiger partial charge on any atom is 0.111 e. The summed E-state index contributed by atoms with van der Waals surface area (Å²) in [7, 11) is 0. The number of aromatic nitrogens is 2. The molecule has 0 atom stereocenters. The largest absolute Gasteiger partial charge is 0.327 e. The molecule has 1 heterocycles. The fourth-order valence-electron chi connectivity index (χ4n) is 2.45. The van der Waals surface area contributed by atoms with Crippen LogP contribution in [0.4, 0.5) is 0 Å².